The van der Waals surface area contributed by atoms with Gasteiger partial charge in [0, 0.05) is 31.6 Å². The minimum absolute atomic E-state index is 0.0676. The Bertz CT molecular complexity index is 850. The lowest BCUT2D eigenvalue weighted by molar-refractivity contribution is -0.128. The molecule has 0 saturated heterocycles. The van der Waals surface area contributed by atoms with Crippen LogP contribution in [0.5, 0.6) is 0 Å². The van der Waals surface area contributed by atoms with Crippen LogP contribution < -0.4 is 5.32 Å². The first-order valence-electron chi connectivity index (χ1n) is 8.63. The van der Waals surface area contributed by atoms with Crippen molar-refractivity contribution in [3.05, 3.63) is 71.0 Å². The van der Waals surface area contributed by atoms with Gasteiger partial charge in [0.15, 0.2) is 5.78 Å². The van der Waals surface area contributed by atoms with E-state index in [0.717, 1.165) is 11.1 Å². The molecule has 0 fully saturated rings. The predicted octanol–water partition coefficient (Wildman–Crippen LogP) is 2.88. The van der Waals surface area contributed by atoms with Crippen LogP contribution in [0.2, 0.25) is 0 Å². The van der Waals surface area contributed by atoms with Gasteiger partial charge in [-0.1, -0.05) is 30.0 Å². The van der Waals surface area contributed by atoms with Crippen LogP contribution in [0.3, 0.4) is 0 Å². The summed E-state index contributed by atoms with van der Waals surface area (Å²) >= 11 is 0. The highest BCUT2D eigenvalue weighted by Gasteiger charge is 2.18. The quantitative estimate of drug-likeness (QED) is 0.766. The van der Waals surface area contributed by atoms with E-state index in [1.165, 1.54) is 26.2 Å². The third-order valence-corrected chi connectivity index (χ3v) is 3.89. The normalized spacial score (nSPS) is 11.2. The van der Waals surface area contributed by atoms with Crippen LogP contribution >= 0.6 is 0 Å². The van der Waals surface area contributed by atoms with E-state index >= 15 is 0 Å². The zero-order valence-corrected chi connectivity index (χ0v) is 15.4. The summed E-state index contributed by atoms with van der Waals surface area (Å²) in [7, 11) is 1.49. The first-order chi connectivity index (χ1) is 13.0. The maximum absolute atomic E-state index is 13.1. The van der Waals surface area contributed by atoms with Crippen molar-refractivity contribution < 1.29 is 18.7 Å². The summed E-state index contributed by atoms with van der Waals surface area (Å²) in [6.45, 7) is 1.53. The van der Waals surface area contributed by atoms with Crippen molar-refractivity contribution in [1.29, 1.82) is 0 Å². The fraction of sp³-hybridized carbons (Fsp3) is 0.273. The summed E-state index contributed by atoms with van der Waals surface area (Å²) in [5, 5.41) is 2.60. The van der Waals surface area contributed by atoms with E-state index in [2.05, 4.69) is 17.2 Å². The Balaban J connectivity index is 1.93. The number of ketones is 1. The molecule has 2 rings (SSSR count). The number of hydrogen-bond acceptors (Lipinski definition) is 3. The molecule has 0 aliphatic rings. The molecule has 0 unspecified atom stereocenters. The lowest BCUT2D eigenvalue weighted by atomic mass is 10.0. The van der Waals surface area contributed by atoms with E-state index in [-0.39, 0.29) is 24.1 Å². The number of ether oxygens (including phenoxy) is 1. The molecule has 0 spiro atoms. The van der Waals surface area contributed by atoms with Gasteiger partial charge in [0.1, 0.15) is 11.9 Å². The largest absolute Gasteiger partial charge is 0.382 e. The van der Waals surface area contributed by atoms with Crippen LogP contribution in [0, 0.1) is 17.7 Å². The fourth-order valence-electron chi connectivity index (χ4n) is 2.53. The Labute approximate surface area is 158 Å². The van der Waals surface area contributed by atoms with Crippen molar-refractivity contribution in [2.24, 2.45) is 0 Å². The average molecular weight is 367 g/mol. The van der Waals surface area contributed by atoms with Crippen LogP contribution in [0.4, 0.5) is 4.39 Å². The Kier molecular flexibility index (Phi) is 7.72. The van der Waals surface area contributed by atoms with Crippen molar-refractivity contribution in [3.63, 3.8) is 0 Å². The third-order valence-electron chi connectivity index (χ3n) is 3.89. The number of Topliss-reactive ketones (excluding diaryl/α,β-unsaturated/α-hetero) is 1. The maximum Gasteiger partial charge on any atom is 0.217 e. The summed E-state index contributed by atoms with van der Waals surface area (Å²) in [5.41, 5.74) is 2.43. The van der Waals surface area contributed by atoms with Gasteiger partial charge in [-0.05, 0) is 42.3 Å². The first kappa shape index (κ1) is 20.3. The number of hydrogen-bond donors (Lipinski definition) is 1. The molecule has 0 aliphatic heterocycles. The fourth-order valence-corrected chi connectivity index (χ4v) is 2.53. The number of methoxy groups -OCH3 is 1. The molecule has 0 saturated carbocycles. The van der Waals surface area contributed by atoms with Crippen molar-refractivity contribution in [2.45, 2.75) is 25.8 Å². The van der Waals surface area contributed by atoms with E-state index in [0.29, 0.717) is 18.4 Å². The first-order valence-corrected chi connectivity index (χ1v) is 8.63. The lowest BCUT2D eigenvalue weighted by Gasteiger charge is -2.15. The molecule has 0 heterocycles. The average Bonchev–Trinajstić information content (AvgIpc) is 2.64. The zero-order valence-electron chi connectivity index (χ0n) is 15.4. The molecule has 1 amide bonds. The van der Waals surface area contributed by atoms with Gasteiger partial charge in [0.05, 0.1) is 6.61 Å². The molecule has 1 atom stereocenters. The number of carbonyl (C=O) groups is 2. The van der Waals surface area contributed by atoms with Gasteiger partial charge in [-0.3, -0.25) is 9.59 Å². The topological polar surface area (TPSA) is 55.4 Å². The maximum atomic E-state index is 13.1. The van der Waals surface area contributed by atoms with Gasteiger partial charge in [-0.25, -0.2) is 4.39 Å². The standard InChI is InChI=1S/C22H22FNO3/c1-16(25)24-21(15-27-2)22(26)13-12-18-8-6-17(7-9-18)10-11-19-4-3-5-20(23)14-19/h3-9,14,21H,12-13,15H2,1-2H3,(H,24,25)/t21-/m1/s1. The molecule has 1 N–H and O–H groups in total. The monoisotopic (exact) mass is 367 g/mol. The van der Waals surface area contributed by atoms with Gasteiger partial charge in [-0.15, -0.1) is 0 Å². The van der Waals surface area contributed by atoms with E-state index in [4.69, 9.17) is 4.74 Å². The highest BCUT2D eigenvalue weighted by Crippen LogP contribution is 2.08. The number of carbonyl (C=O) groups excluding carboxylic acids is 2. The molecular formula is C22H22FNO3. The van der Waals surface area contributed by atoms with Crippen LogP contribution in [-0.4, -0.2) is 31.4 Å². The van der Waals surface area contributed by atoms with Gasteiger partial charge in [0.25, 0.3) is 0 Å². The Hall–Kier alpha value is -2.97. The molecule has 4 nitrogen and oxygen atoms in total. The highest BCUT2D eigenvalue weighted by molar-refractivity contribution is 5.88. The molecule has 0 radical (unpaired) electrons. The molecule has 0 aromatic heterocycles. The smallest absolute Gasteiger partial charge is 0.217 e. The summed E-state index contributed by atoms with van der Waals surface area (Å²) in [6.07, 6.45) is 0.874. The van der Waals surface area contributed by atoms with E-state index in [1.54, 1.807) is 12.1 Å². The highest BCUT2D eigenvalue weighted by atomic mass is 19.1. The lowest BCUT2D eigenvalue weighted by Crippen LogP contribution is -2.43. The number of halogens is 1. The summed E-state index contributed by atoms with van der Waals surface area (Å²) in [5.74, 6) is 5.27. The molecule has 2 aromatic carbocycles. The zero-order chi connectivity index (χ0) is 19.6. The van der Waals surface area contributed by atoms with E-state index < -0.39 is 6.04 Å². The molecule has 2 aromatic rings. The molecule has 5 heteroatoms. The van der Waals surface area contributed by atoms with Crippen molar-refractivity contribution in [3.8, 4) is 11.8 Å². The second-order valence-electron chi connectivity index (χ2n) is 6.13. The van der Waals surface area contributed by atoms with Gasteiger partial charge in [0.2, 0.25) is 5.91 Å². The minimum Gasteiger partial charge on any atom is -0.382 e. The molecule has 0 aliphatic carbocycles. The van der Waals surface area contributed by atoms with Crippen LogP contribution in [0.15, 0.2) is 48.5 Å². The van der Waals surface area contributed by atoms with Crippen molar-refractivity contribution >= 4 is 11.7 Å². The Morgan fingerprint density at radius 2 is 1.81 bits per heavy atom. The molecule has 27 heavy (non-hydrogen) atoms. The molecule has 140 valence electrons. The van der Waals surface area contributed by atoms with E-state index in [1.807, 2.05) is 24.3 Å². The van der Waals surface area contributed by atoms with Crippen molar-refractivity contribution in [1.82, 2.24) is 5.32 Å². The summed E-state index contributed by atoms with van der Waals surface area (Å²) in [6, 6.07) is 13.1. The Morgan fingerprint density at radius 3 is 2.44 bits per heavy atom. The number of nitrogens with one attached hydrogen (secondary N) is 1. The summed E-state index contributed by atoms with van der Waals surface area (Å²) in [4.78, 5) is 23.4. The van der Waals surface area contributed by atoms with E-state index in [9.17, 15) is 14.0 Å². The number of benzene rings is 2. The number of amides is 1. The van der Waals surface area contributed by atoms with Crippen molar-refractivity contribution in [2.75, 3.05) is 13.7 Å². The van der Waals surface area contributed by atoms with Crippen LogP contribution in [-0.2, 0) is 20.7 Å². The SMILES string of the molecule is COC[C@@H](NC(C)=O)C(=O)CCc1ccc(C#Cc2cccc(F)c2)cc1. The minimum atomic E-state index is -0.621. The third kappa shape index (κ3) is 7.04. The van der Waals surface area contributed by atoms with Gasteiger partial charge in [-0.2, -0.15) is 0 Å². The number of aryl methyl sites for hydroxylation is 1. The van der Waals surface area contributed by atoms with Crippen LogP contribution in [0.1, 0.15) is 30.0 Å². The van der Waals surface area contributed by atoms with Gasteiger partial charge >= 0.3 is 0 Å². The molecular weight excluding hydrogens is 345 g/mol. The Morgan fingerprint density at radius 1 is 1.11 bits per heavy atom. The second kappa shape index (κ2) is 10.2. The predicted molar refractivity (Wildman–Crippen MR) is 102 cm³/mol. The summed E-state index contributed by atoms with van der Waals surface area (Å²) < 4.78 is 18.1. The van der Waals surface area contributed by atoms with Crippen LogP contribution in [0.25, 0.3) is 0 Å². The van der Waals surface area contributed by atoms with Gasteiger partial charge < -0.3 is 10.1 Å². The molecule has 0 bridgehead atoms. The second-order valence-corrected chi connectivity index (χ2v) is 6.13. The number of rotatable bonds is 7.